The molecule has 1 aromatic heterocycles. The van der Waals surface area contributed by atoms with E-state index in [9.17, 15) is 9.59 Å². The summed E-state index contributed by atoms with van der Waals surface area (Å²) in [6.45, 7) is 2.44. The molecule has 0 aliphatic carbocycles. The number of carbonyl (C=O) groups excluding carboxylic acids is 2. The molecule has 120 valence electrons. The first-order valence-electron chi connectivity index (χ1n) is 7.73. The van der Waals surface area contributed by atoms with Gasteiger partial charge < -0.3 is 14.4 Å². The maximum Gasteiger partial charge on any atom is 0.312 e. The highest BCUT2D eigenvalue weighted by Crippen LogP contribution is 2.53. The van der Waals surface area contributed by atoms with E-state index in [0.29, 0.717) is 6.54 Å². The van der Waals surface area contributed by atoms with Crippen molar-refractivity contribution in [2.75, 3.05) is 13.7 Å². The minimum absolute atomic E-state index is 0.0448. The van der Waals surface area contributed by atoms with Crippen molar-refractivity contribution in [2.45, 2.75) is 24.7 Å². The van der Waals surface area contributed by atoms with Gasteiger partial charge in [0.25, 0.3) is 0 Å². The first kappa shape index (κ1) is 14.4. The first-order chi connectivity index (χ1) is 11.1. The molecule has 23 heavy (non-hydrogen) atoms. The highest BCUT2D eigenvalue weighted by molar-refractivity contribution is 5.91. The third-order valence-corrected chi connectivity index (χ3v) is 5.26. The Morgan fingerprint density at radius 1 is 1.48 bits per heavy atom. The van der Waals surface area contributed by atoms with Crippen molar-refractivity contribution in [2.24, 2.45) is 11.8 Å². The van der Waals surface area contributed by atoms with E-state index in [4.69, 9.17) is 9.47 Å². The predicted octanol–water partition coefficient (Wildman–Crippen LogP) is 1.10. The minimum Gasteiger partial charge on any atom is -0.469 e. The van der Waals surface area contributed by atoms with Crippen LogP contribution in [0.3, 0.4) is 0 Å². The summed E-state index contributed by atoms with van der Waals surface area (Å²) < 4.78 is 10.9. The molecule has 0 aromatic carbocycles. The molecule has 2 saturated heterocycles. The molecule has 2 bridgehead atoms. The van der Waals surface area contributed by atoms with Gasteiger partial charge in [0.1, 0.15) is 11.5 Å². The van der Waals surface area contributed by atoms with Gasteiger partial charge in [-0.1, -0.05) is 12.2 Å². The van der Waals surface area contributed by atoms with Crippen molar-refractivity contribution in [3.63, 3.8) is 0 Å². The first-order valence-corrected chi connectivity index (χ1v) is 7.73. The van der Waals surface area contributed by atoms with Gasteiger partial charge in [-0.25, -0.2) is 0 Å². The maximum atomic E-state index is 13.0. The molecule has 4 rings (SSSR count). The Morgan fingerprint density at radius 3 is 2.91 bits per heavy atom. The second-order valence-electron chi connectivity index (χ2n) is 6.35. The molecular formula is C17H18N2O4. The van der Waals surface area contributed by atoms with E-state index in [1.807, 2.05) is 31.2 Å². The lowest BCUT2D eigenvalue weighted by Crippen LogP contribution is -2.39. The molecule has 3 aliphatic rings. The highest BCUT2D eigenvalue weighted by Gasteiger charge is 2.67. The lowest BCUT2D eigenvalue weighted by Gasteiger charge is -2.27. The number of esters is 1. The molecular weight excluding hydrogens is 296 g/mol. The number of fused-ring (bicyclic) bond motifs is 1. The molecule has 4 heterocycles. The number of aromatic nitrogens is 1. The Hall–Kier alpha value is -2.21. The number of methoxy groups -OCH3 is 1. The summed E-state index contributed by atoms with van der Waals surface area (Å²) in [7, 11) is 1.35. The van der Waals surface area contributed by atoms with Crippen molar-refractivity contribution in [3.05, 3.63) is 42.2 Å². The van der Waals surface area contributed by atoms with Crippen molar-refractivity contribution in [1.82, 2.24) is 9.88 Å². The number of pyridine rings is 1. The third-order valence-electron chi connectivity index (χ3n) is 5.26. The number of ether oxygens (including phenoxy) is 2. The molecule has 6 heteroatoms. The van der Waals surface area contributed by atoms with Crippen LogP contribution in [-0.2, 0) is 19.1 Å². The van der Waals surface area contributed by atoms with E-state index in [0.717, 1.165) is 5.56 Å². The molecule has 1 spiro atoms. The molecule has 0 unspecified atom stereocenters. The third kappa shape index (κ3) is 1.88. The quantitative estimate of drug-likeness (QED) is 0.617. The van der Waals surface area contributed by atoms with Crippen LogP contribution in [0.1, 0.15) is 18.5 Å². The van der Waals surface area contributed by atoms with E-state index in [1.54, 1.807) is 17.3 Å². The fourth-order valence-electron chi connectivity index (χ4n) is 4.08. The number of rotatable bonds is 3. The van der Waals surface area contributed by atoms with Gasteiger partial charge in [0, 0.05) is 12.4 Å². The molecule has 3 aliphatic heterocycles. The van der Waals surface area contributed by atoms with Gasteiger partial charge in [0.05, 0.1) is 31.7 Å². The lowest BCUT2D eigenvalue weighted by molar-refractivity contribution is -0.151. The van der Waals surface area contributed by atoms with Gasteiger partial charge in [-0.2, -0.15) is 0 Å². The molecule has 0 saturated carbocycles. The average Bonchev–Trinajstić information content (AvgIpc) is 3.22. The zero-order valence-electron chi connectivity index (χ0n) is 13.0. The van der Waals surface area contributed by atoms with Crippen LogP contribution in [0.15, 0.2) is 36.7 Å². The number of likely N-dealkylation sites (tertiary alicyclic amines) is 1. The van der Waals surface area contributed by atoms with Crippen LogP contribution in [-0.4, -0.2) is 47.1 Å². The van der Waals surface area contributed by atoms with Gasteiger partial charge >= 0.3 is 5.97 Å². The Bertz CT molecular complexity index is 689. The molecule has 0 N–H and O–H groups in total. The van der Waals surface area contributed by atoms with E-state index in [1.165, 1.54) is 7.11 Å². The topological polar surface area (TPSA) is 68.7 Å². The Balaban J connectivity index is 1.67. The van der Waals surface area contributed by atoms with E-state index in [-0.39, 0.29) is 24.0 Å². The maximum absolute atomic E-state index is 13.0. The van der Waals surface area contributed by atoms with Crippen LogP contribution in [0, 0.1) is 11.8 Å². The van der Waals surface area contributed by atoms with Gasteiger partial charge in [0.2, 0.25) is 5.91 Å². The zero-order valence-corrected chi connectivity index (χ0v) is 13.0. The number of amides is 1. The lowest BCUT2D eigenvalue weighted by atomic mass is 9.77. The standard InChI is InChI=1S/C17H18N2O4/c1-10(11-4-7-18-8-5-11)19-9-17-6-3-12(23-17)13(16(21)22-2)14(17)15(19)20/h3-8,10,12-14H,9H2,1-2H3/t10-,12-,13+,14+,17-/m0/s1. The monoisotopic (exact) mass is 314 g/mol. The molecule has 5 atom stereocenters. The van der Waals surface area contributed by atoms with Crippen LogP contribution in [0.25, 0.3) is 0 Å². The summed E-state index contributed by atoms with van der Waals surface area (Å²) in [5.74, 6) is -1.46. The summed E-state index contributed by atoms with van der Waals surface area (Å²) in [5, 5.41) is 0. The van der Waals surface area contributed by atoms with Crippen LogP contribution in [0.4, 0.5) is 0 Å². The molecule has 2 fully saturated rings. The Labute approximate surface area is 134 Å². The smallest absolute Gasteiger partial charge is 0.312 e. The summed E-state index contributed by atoms with van der Waals surface area (Å²) >= 11 is 0. The van der Waals surface area contributed by atoms with Crippen LogP contribution in [0.5, 0.6) is 0 Å². The highest BCUT2D eigenvalue weighted by atomic mass is 16.5. The van der Waals surface area contributed by atoms with Crippen molar-refractivity contribution in [1.29, 1.82) is 0 Å². The van der Waals surface area contributed by atoms with E-state index < -0.39 is 17.4 Å². The summed E-state index contributed by atoms with van der Waals surface area (Å²) in [6, 6.07) is 3.70. The summed E-state index contributed by atoms with van der Waals surface area (Å²) in [4.78, 5) is 30.9. The number of nitrogens with zero attached hydrogens (tertiary/aromatic N) is 2. The average molecular weight is 314 g/mol. The fraction of sp³-hybridized carbons (Fsp3) is 0.471. The number of carbonyl (C=O) groups is 2. The van der Waals surface area contributed by atoms with Crippen molar-refractivity contribution < 1.29 is 19.1 Å². The molecule has 1 amide bonds. The molecule has 1 aromatic rings. The van der Waals surface area contributed by atoms with E-state index in [2.05, 4.69) is 4.98 Å². The normalized spacial score (nSPS) is 35.5. The number of hydrogen-bond acceptors (Lipinski definition) is 5. The summed E-state index contributed by atoms with van der Waals surface area (Å²) in [5.41, 5.74) is 0.319. The van der Waals surface area contributed by atoms with Crippen LogP contribution < -0.4 is 0 Å². The van der Waals surface area contributed by atoms with Gasteiger partial charge in [-0.3, -0.25) is 14.6 Å². The van der Waals surface area contributed by atoms with Gasteiger partial charge in [-0.15, -0.1) is 0 Å². The summed E-state index contributed by atoms with van der Waals surface area (Å²) in [6.07, 6.45) is 6.90. The fourth-order valence-corrected chi connectivity index (χ4v) is 4.08. The molecule has 0 radical (unpaired) electrons. The predicted molar refractivity (Wildman–Crippen MR) is 80.1 cm³/mol. The Kier molecular flexibility index (Phi) is 3.06. The van der Waals surface area contributed by atoms with Crippen LogP contribution >= 0.6 is 0 Å². The van der Waals surface area contributed by atoms with Crippen LogP contribution in [0.2, 0.25) is 0 Å². The zero-order chi connectivity index (χ0) is 16.2. The second kappa shape index (κ2) is 4.89. The van der Waals surface area contributed by atoms with Crippen molar-refractivity contribution >= 4 is 11.9 Å². The largest absolute Gasteiger partial charge is 0.469 e. The van der Waals surface area contributed by atoms with Gasteiger partial charge in [0.15, 0.2) is 0 Å². The Morgan fingerprint density at radius 2 is 2.22 bits per heavy atom. The number of hydrogen-bond donors (Lipinski definition) is 0. The van der Waals surface area contributed by atoms with E-state index >= 15 is 0 Å². The minimum atomic E-state index is -0.693. The van der Waals surface area contributed by atoms with Gasteiger partial charge in [-0.05, 0) is 24.6 Å². The second-order valence-corrected chi connectivity index (χ2v) is 6.35. The SMILES string of the molecule is COC(=O)[C@@H]1[C@@H]2C=C[C@@]3(CN([C@@H](C)c4ccncc4)C(=O)[C@@H]13)O2. The molecule has 6 nitrogen and oxygen atoms in total. The van der Waals surface area contributed by atoms with Crippen molar-refractivity contribution in [3.8, 4) is 0 Å².